The Hall–Kier alpha value is -1.51. The van der Waals surface area contributed by atoms with Crippen molar-refractivity contribution in [1.29, 1.82) is 0 Å². The van der Waals surface area contributed by atoms with Gasteiger partial charge in [-0.2, -0.15) is 0 Å². The molecule has 0 aliphatic heterocycles. The van der Waals surface area contributed by atoms with E-state index in [0.717, 1.165) is 18.4 Å². The number of halogens is 2. The largest absolute Gasteiger partial charge is 0.355 e. The summed E-state index contributed by atoms with van der Waals surface area (Å²) in [6, 6.07) is 15.7. The van der Waals surface area contributed by atoms with E-state index >= 15 is 0 Å². The monoisotopic (exact) mass is 333 g/mol. The van der Waals surface area contributed by atoms with E-state index in [1.165, 1.54) is 5.56 Å². The molecule has 1 fully saturated rings. The molecular formula is C18H17Cl2NO. The number of carbonyl (C=O) groups excluding carboxylic acids is 1. The van der Waals surface area contributed by atoms with Gasteiger partial charge in [0.2, 0.25) is 5.91 Å². The van der Waals surface area contributed by atoms with E-state index in [1.807, 2.05) is 24.3 Å². The Morgan fingerprint density at radius 1 is 1.05 bits per heavy atom. The minimum atomic E-state index is 0.0144. The predicted octanol–water partition coefficient (Wildman–Crippen LogP) is 4.38. The van der Waals surface area contributed by atoms with E-state index < -0.39 is 0 Å². The number of benzene rings is 2. The molecule has 114 valence electrons. The summed E-state index contributed by atoms with van der Waals surface area (Å²) >= 11 is 11.9. The molecule has 0 heterocycles. The van der Waals surface area contributed by atoms with Gasteiger partial charge in [0.15, 0.2) is 0 Å². The molecule has 1 amide bonds. The average Bonchev–Trinajstić information content (AvgIpc) is 3.31. The fourth-order valence-electron chi connectivity index (χ4n) is 2.68. The summed E-state index contributed by atoms with van der Waals surface area (Å²) in [5.74, 6) is 0.0144. The van der Waals surface area contributed by atoms with Gasteiger partial charge in [-0.25, -0.2) is 0 Å². The Morgan fingerprint density at radius 3 is 2.41 bits per heavy atom. The first kappa shape index (κ1) is 15.4. The highest BCUT2D eigenvalue weighted by molar-refractivity contribution is 6.42. The van der Waals surface area contributed by atoms with Crippen LogP contribution in [-0.4, -0.2) is 12.5 Å². The Labute approximate surface area is 140 Å². The van der Waals surface area contributed by atoms with Crippen LogP contribution in [0.2, 0.25) is 10.0 Å². The average molecular weight is 334 g/mol. The van der Waals surface area contributed by atoms with Gasteiger partial charge in [0.1, 0.15) is 0 Å². The third-order valence-corrected chi connectivity index (χ3v) is 4.95. The zero-order chi connectivity index (χ0) is 15.6. The van der Waals surface area contributed by atoms with Gasteiger partial charge in [-0.3, -0.25) is 4.79 Å². The molecule has 1 saturated carbocycles. The van der Waals surface area contributed by atoms with Crippen LogP contribution in [0.1, 0.15) is 24.0 Å². The van der Waals surface area contributed by atoms with Crippen LogP contribution in [-0.2, 0) is 16.6 Å². The van der Waals surface area contributed by atoms with Crippen molar-refractivity contribution in [3.8, 4) is 0 Å². The molecule has 1 aliphatic carbocycles. The van der Waals surface area contributed by atoms with Crippen molar-refractivity contribution in [1.82, 2.24) is 5.32 Å². The quantitative estimate of drug-likeness (QED) is 0.864. The van der Waals surface area contributed by atoms with Crippen LogP contribution >= 0.6 is 23.2 Å². The molecule has 2 aromatic carbocycles. The third kappa shape index (κ3) is 3.45. The molecule has 0 aromatic heterocycles. The topological polar surface area (TPSA) is 29.1 Å². The molecule has 22 heavy (non-hydrogen) atoms. The maximum Gasteiger partial charge on any atom is 0.224 e. The van der Waals surface area contributed by atoms with E-state index in [4.69, 9.17) is 23.2 Å². The maximum atomic E-state index is 12.1. The van der Waals surface area contributed by atoms with E-state index in [9.17, 15) is 4.79 Å². The lowest BCUT2D eigenvalue weighted by Crippen LogP contribution is -2.33. The summed E-state index contributed by atoms with van der Waals surface area (Å²) in [5.41, 5.74) is 2.32. The van der Waals surface area contributed by atoms with Crippen molar-refractivity contribution in [2.75, 3.05) is 6.54 Å². The van der Waals surface area contributed by atoms with Gasteiger partial charge in [-0.1, -0.05) is 59.6 Å². The van der Waals surface area contributed by atoms with Crippen LogP contribution in [0.5, 0.6) is 0 Å². The lowest BCUT2D eigenvalue weighted by atomic mass is 9.96. The van der Waals surface area contributed by atoms with Crippen molar-refractivity contribution in [2.24, 2.45) is 0 Å². The predicted molar refractivity (Wildman–Crippen MR) is 90.5 cm³/mol. The summed E-state index contributed by atoms with van der Waals surface area (Å²) in [6.07, 6.45) is 2.58. The van der Waals surface area contributed by atoms with Gasteiger partial charge >= 0.3 is 0 Å². The standard InChI is InChI=1S/C18H17Cl2NO/c19-15-7-6-13(10-16(15)20)11-17(22)21-12-18(8-9-18)14-4-2-1-3-5-14/h1-7,10H,8-9,11-12H2,(H,21,22). The fourth-order valence-corrected chi connectivity index (χ4v) is 3.00. The highest BCUT2D eigenvalue weighted by atomic mass is 35.5. The molecule has 2 nitrogen and oxygen atoms in total. The number of hydrogen-bond donors (Lipinski definition) is 1. The minimum Gasteiger partial charge on any atom is -0.355 e. The van der Waals surface area contributed by atoms with Gasteiger partial charge < -0.3 is 5.32 Å². The molecular weight excluding hydrogens is 317 g/mol. The van der Waals surface area contributed by atoms with Crippen molar-refractivity contribution in [2.45, 2.75) is 24.7 Å². The number of nitrogens with one attached hydrogen (secondary N) is 1. The van der Waals surface area contributed by atoms with Crippen LogP contribution in [0.3, 0.4) is 0 Å². The summed E-state index contributed by atoms with van der Waals surface area (Å²) in [5, 5.41) is 4.04. The second-order valence-electron chi connectivity index (χ2n) is 5.85. The van der Waals surface area contributed by atoms with Crippen molar-refractivity contribution in [3.63, 3.8) is 0 Å². The maximum absolute atomic E-state index is 12.1. The molecule has 0 radical (unpaired) electrons. The number of hydrogen-bond acceptors (Lipinski definition) is 1. The second-order valence-corrected chi connectivity index (χ2v) is 6.66. The molecule has 3 rings (SSSR count). The van der Waals surface area contributed by atoms with E-state index in [1.54, 1.807) is 12.1 Å². The highest BCUT2D eigenvalue weighted by Gasteiger charge is 2.44. The van der Waals surface area contributed by atoms with Gasteiger partial charge in [0.25, 0.3) is 0 Å². The lowest BCUT2D eigenvalue weighted by Gasteiger charge is -2.16. The first-order valence-electron chi connectivity index (χ1n) is 7.35. The number of carbonyl (C=O) groups is 1. The first-order valence-corrected chi connectivity index (χ1v) is 8.11. The molecule has 0 unspecified atom stereocenters. The van der Waals surface area contributed by atoms with Crippen LogP contribution < -0.4 is 5.32 Å². The molecule has 1 N–H and O–H groups in total. The minimum absolute atomic E-state index is 0.0144. The fraction of sp³-hybridized carbons (Fsp3) is 0.278. The Morgan fingerprint density at radius 2 is 1.77 bits per heavy atom. The first-order chi connectivity index (χ1) is 10.6. The SMILES string of the molecule is O=C(Cc1ccc(Cl)c(Cl)c1)NCC1(c2ccccc2)CC1. The van der Waals surface area contributed by atoms with Crippen molar-refractivity contribution >= 4 is 29.1 Å². The zero-order valence-electron chi connectivity index (χ0n) is 12.1. The summed E-state index contributed by atoms with van der Waals surface area (Å²) in [4.78, 5) is 12.1. The van der Waals surface area contributed by atoms with E-state index in [2.05, 4.69) is 17.4 Å². The highest BCUT2D eigenvalue weighted by Crippen LogP contribution is 2.47. The van der Waals surface area contributed by atoms with Crippen molar-refractivity contribution in [3.05, 3.63) is 69.7 Å². The summed E-state index contributed by atoms with van der Waals surface area (Å²) < 4.78 is 0. The number of amides is 1. The zero-order valence-corrected chi connectivity index (χ0v) is 13.6. The van der Waals surface area contributed by atoms with Gasteiger partial charge in [0.05, 0.1) is 16.5 Å². The third-order valence-electron chi connectivity index (χ3n) is 4.21. The van der Waals surface area contributed by atoms with Crippen molar-refractivity contribution < 1.29 is 4.79 Å². The van der Waals surface area contributed by atoms with Crippen LogP contribution in [0, 0.1) is 0 Å². The number of rotatable bonds is 5. The smallest absolute Gasteiger partial charge is 0.224 e. The molecule has 0 spiro atoms. The molecule has 0 bridgehead atoms. The Balaban J connectivity index is 1.58. The Kier molecular flexibility index (Phi) is 4.42. The van der Waals surface area contributed by atoms with Gasteiger partial charge in [-0.05, 0) is 36.1 Å². The summed E-state index contributed by atoms with van der Waals surface area (Å²) in [7, 11) is 0. The Bertz CT molecular complexity index is 681. The van der Waals surface area contributed by atoms with Crippen LogP contribution in [0.25, 0.3) is 0 Å². The van der Waals surface area contributed by atoms with Gasteiger partial charge in [-0.15, -0.1) is 0 Å². The second kappa shape index (κ2) is 6.31. The normalized spacial score (nSPS) is 15.4. The van der Waals surface area contributed by atoms with Crippen LogP contribution in [0.15, 0.2) is 48.5 Å². The molecule has 2 aromatic rings. The molecule has 0 saturated heterocycles. The molecule has 4 heteroatoms. The van der Waals surface area contributed by atoms with E-state index in [-0.39, 0.29) is 11.3 Å². The summed E-state index contributed by atoms with van der Waals surface area (Å²) in [6.45, 7) is 0.692. The molecule has 0 atom stereocenters. The lowest BCUT2D eigenvalue weighted by molar-refractivity contribution is -0.120. The van der Waals surface area contributed by atoms with Gasteiger partial charge in [0, 0.05) is 12.0 Å². The molecule has 1 aliphatic rings. The van der Waals surface area contributed by atoms with Crippen LogP contribution in [0.4, 0.5) is 0 Å². The van der Waals surface area contributed by atoms with E-state index in [0.29, 0.717) is 23.0 Å².